The number of fused-ring (bicyclic) bond motifs is 16. The van der Waals surface area contributed by atoms with Crippen molar-refractivity contribution in [3.8, 4) is 0 Å². The molecule has 4 heterocycles. The third-order valence-electron chi connectivity index (χ3n) is 17.1. The zero-order chi connectivity index (χ0) is 50.7. The molecule has 9 aromatic carbocycles. The van der Waals surface area contributed by atoms with Crippen LogP contribution >= 0.6 is 11.8 Å². The van der Waals surface area contributed by atoms with Crippen LogP contribution in [-0.2, 0) is 10.8 Å². The van der Waals surface area contributed by atoms with Crippen molar-refractivity contribution >= 4 is 69.0 Å². The summed E-state index contributed by atoms with van der Waals surface area (Å²) in [6, 6.07) is 81.3. The summed E-state index contributed by atoms with van der Waals surface area (Å²) >= 11 is 1.93. The first-order valence-electron chi connectivity index (χ1n) is 26.9. The summed E-state index contributed by atoms with van der Waals surface area (Å²) in [6.45, 7) is 14.3. The quantitative estimate of drug-likeness (QED) is 0.155. The summed E-state index contributed by atoms with van der Waals surface area (Å²) in [5.74, 6) is 1.21. The minimum Gasteiger partial charge on any atom is -0.310 e. The van der Waals surface area contributed by atoms with Crippen LogP contribution in [0.15, 0.2) is 235 Å². The van der Waals surface area contributed by atoms with Crippen LogP contribution in [0.2, 0.25) is 0 Å². The second-order valence-electron chi connectivity index (χ2n) is 21.9. The van der Waals surface area contributed by atoms with Gasteiger partial charge in [-0.2, -0.15) is 0 Å². The zero-order valence-corrected chi connectivity index (χ0v) is 44.2. The molecule has 0 saturated carbocycles. The summed E-state index contributed by atoms with van der Waals surface area (Å²) in [7, 11) is 0. The Morgan fingerprint density at radius 3 is 1.24 bits per heavy atom. The highest BCUT2D eigenvalue weighted by Gasteiger charge is 2.59. The van der Waals surface area contributed by atoms with Crippen LogP contribution in [0.3, 0.4) is 0 Å². The number of anilines is 6. The van der Waals surface area contributed by atoms with Gasteiger partial charge < -0.3 is 9.80 Å². The normalized spacial score (nSPS) is 15.0. The van der Waals surface area contributed by atoms with Gasteiger partial charge in [0.25, 0.3) is 0 Å². The van der Waals surface area contributed by atoms with Crippen molar-refractivity contribution in [1.82, 2.24) is 4.98 Å². The third-order valence-corrected chi connectivity index (χ3v) is 18.2. The SMILES string of the molecule is CC(C)c1cc(C(C)C)c(B2c3ccccc3Sc3cc(N4c5ccccc5C5(c6ccccc64)c4ccccc4C4(c6ccccc6N(c6cccnc6)c6ccccc64)c4ccccc45)ccc32)c(C(C)C)c1. The lowest BCUT2D eigenvalue weighted by atomic mass is 9.34. The molecule has 1 aliphatic carbocycles. The molecule has 0 N–H and O–H groups in total. The summed E-state index contributed by atoms with van der Waals surface area (Å²) < 4.78 is 0. The molecule has 10 aromatic rings. The van der Waals surface area contributed by atoms with Crippen LogP contribution in [0.4, 0.5) is 34.1 Å². The van der Waals surface area contributed by atoms with E-state index in [0.29, 0.717) is 17.8 Å². The van der Waals surface area contributed by atoms with Crippen molar-refractivity contribution in [2.24, 2.45) is 0 Å². The largest absolute Gasteiger partial charge is 0.310 e. The minimum atomic E-state index is -0.665. The highest BCUT2D eigenvalue weighted by molar-refractivity contribution is 8.00. The van der Waals surface area contributed by atoms with Gasteiger partial charge in [0.15, 0.2) is 0 Å². The predicted octanol–water partition coefficient (Wildman–Crippen LogP) is 16.1. The minimum absolute atomic E-state index is 0.112. The van der Waals surface area contributed by atoms with E-state index in [9.17, 15) is 0 Å². The molecule has 0 fully saturated rings. The number of hydrogen-bond donors (Lipinski definition) is 0. The number of hydrogen-bond acceptors (Lipinski definition) is 4. The molecule has 0 amide bonds. The van der Waals surface area contributed by atoms with Gasteiger partial charge in [0, 0.05) is 21.7 Å². The Hall–Kier alpha value is -7.86. The first-order chi connectivity index (χ1) is 36.7. The van der Waals surface area contributed by atoms with Gasteiger partial charge in [0.2, 0.25) is 6.71 Å². The van der Waals surface area contributed by atoms with E-state index in [0.717, 1.165) is 22.7 Å². The van der Waals surface area contributed by atoms with Crippen molar-refractivity contribution < 1.29 is 0 Å². The van der Waals surface area contributed by atoms with Crippen LogP contribution in [0.5, 0.6) is 0 Å². The number of benzene rings is 9. The monoisotopic (exact) mass is 983 g/mol. The van der Waals surface area contributed by atoms with E-state index < -0.39 is 10.8 Å². The molecule has 362 valence electrons. The Balaban J connectivity index is 1.00. The maximum absolute atomic E-state index is 4.63. The van der Waals surface area contributed by atoms with E-state index in [1.807, 2.05) is 30.2 Å². The smallest absolute Gasteiger partial charge is 0.244 e. The first-order valence-corrected chi connectivity index (χ1v) is 27.7. The topological polar surface area (TPSA) is 19.4 Å². The Morgan fingerprint density at radius 2 is 0.800 bits per heavy atom. The van der Waals surface area contributed by atoms with Crippen LogP contribution in [-0.4, -0.2) is 11.7 Å². The maximum atomic E-state index is 4.63. The summed E-state index contributed by atoms with van der Waals surface area (Å²) in [5.41, 5.74) is 24.5. The van der Waals surface area contributed by atoms with Crippen LogP contribution in [0.25, 0.3) is 0 Å². The van der Waals surface area contributed by atoms with Crippen molar-refractivity contribution in [3.05, 3.63) is 286 Å². The van der Waals surface area contributed by atoms with Gasteiger partial charge in [-0.1, -0.05) is 227 Å². The lowest BCUT2D eigenvalue weighted by molar-refractivity contribution is 0.607. The molecular weight excluding hydrogens is 926 g/mol. The molecule has 1 aromatic heterocycles. The van der Waals surface area contributed by atoms with Crippen molar-refractivity contribution in [3.63, 3.8) is 0 Å². The van der Waals surface area contributed by atoms with Gasteiger partial charge in [-0.15, -0.1) is 0 Å². The van der Waals surface area contributed by atoms with Gasteiger partial charge in [-0.3, -0.25) is 4.98 Å². The molecule has 0 atom stereocenters. The Labute approximate surface area is 447 Å². The molecule has 4 aliphatic rings. The number of para-hydroxylation sites is 4. The molecule has 2 spiro atoms. The molecule has 14 rings (SSSR count). The molecule has 0 radical (unpaired) electrons. The van der Waals surface area contributed by atoms with Gasteiger partial charge in [-0.25, -0.2) is 0 Å². The van der Waals surface area contributed by atoms with E-state index in [4.69, 9.17) is 0 Å². The molecule has 0 bridgehead atoms. The van der Waals surface area contributed by atoms with E-state index in [1.54, 1.807) is 0 Å². The number of pyridine rings is 1. The van der Waals surface area contributed by atoms with Crippen molar-refractivity contribution in [2.75, 3.05) is 9.80 Å². The number of nitrogens with zero attached hydrogens (tertiary/aromatic N) is 3. The fraction of sp³-hybridized carbons (Fsp3) is 0.157. The average Bonchev–Trinajstić information content (AvgIpc) is 3.49. The van der Waals surface area contributed by atoms with Gasteiger partial charge in [0.1, 0.15) is 0 Å². The highest BCUT2D eigenvalue weighted by atomic mass is 32.2. The molecule has 75 heavy (non-hydrogen) atoms. The molecular formula is C70H58BN3S. The lowest BCUT2D eigenvalue weighted by Gasteiger charge is -2.56. The molecule has 0 saturated heterocycles. The highest BCUT2D eigenvalue weighted by Crippen LogP contribution is 2.68. The third kappa shape index (κ3) is 6.40. The summed E-state index contributed by atoms with van der Waals surface area (Å²) in [4.78, 5) is 12.3. The molecule has 0 unspecified atom stereocenters. The molecule has 5 heteroatoms. The van der Waals surface area contributed by atoms with Gasteiger partial charge in [0.05, 0.1) is 45.5 Å². The van der Waals surface area contributed by atoms with E-state index >= 15 is 0 Å². The predicted molar refractivity (Wildman–Crippen MR) is 315 cm³/mol. The van der Waals surface area contributed by atoms with Crippen molar-refractivity contribution in [2.45, 2.75) is 79.9 Å². The average molecular weight is 984 g/mol. The number of rotatable bonds is 6. The Bertz CT molecular complexity index is 3740. The van der Waals surface area contributed by atoms with Crippen molar-refractivity contribution in [1.29, 1.82) is 0 Å². The fourth-order valence-electron chi connectivity index (χ4n) is 14.0. The number of aromatic nitrogens is 1. The lowest BCUT2D eigenvalue weighted by Crippen LogP contribution is -2.57. The summed E-state index contributed by atoms with van der Waals surface area (Å²) in [6.07, 6.45) is 3.85. The zero-order valence-electron chi connectivity index (χ0n) is 43.4. The maximum Gasteiger partial charge on any atom is 0.244 e. The molecule has 3 nitrogen and oxygen atoms in total. The van der Waals surface area contributed by atoms with Crippen LogP contribution < -0.4 is 26.2 Å². The second kappa shape index (κ2) is 17.4. The van der Waals surface area contributed by atoms with E-state index in [-0.39, 0.29) is 6.71 Å². The van der Waals surface area contributed by atoms with Crippen LogP contribution in [0, 0.1) is 0 Å². The summed E-state index contributed by atoms with van der Waals surface area (Å²) in [5, 5.41) is 0. The first kappa shape index (κ1) is 45.7. The van der Waals surface area contributed by atoms with Gasteiger partial charge >= 0.3 is 0 Å². The fourth-order valence-corrected chi connectivity index (χ4v) is 15.2. The van der Waals surface area contributed by atoms with E-state index in [1.165, 1.54) is 98.8 Å². The van der Waals surface area contributed by atoms with Gasteiger partial charge in [-0.05, 0) is 134 Å². The Morgan fingerprint density at radius 1 is 0.387 bits per heavy atom. The van der Waals surface area contributed by atoms with Crippen LogP contribution in [0.1, 0.15) is 120 Å². The standard InChI is InChI=1S/C70H58BN3S/c1-44(2)47-40-50(45(3)4)68(51(41-47)46(5)6)71-60-31-15-20-36-66(60)75-67-42-48(37-38-61(67)71)73-62-32-16-11-27-56(62)69(57-28-12-17-33-63(57)73)52-23-7-9-25-54(52)70(55-26-10-8-24-53(55)69)58-29-13-18-34-64(58)74(49-22-21-39-72-43-49)65-35-19-14-30-59(65)70/h7-46H,1-6H3. The Kier molecular flexibility index (Phi) is 10.6. The second-order valence-corrected chi connectivity index (χ2v) is 23.0. The van der Waals surface area contributed by atoms with E-state index in [2.05, 4.69) is 263 Å². The molecule has 3 aliphatic heterocycles.